The summed E-state index contributed by atoms with van der Waals surface area (Å²) in [4.78, 5) is 4.48. The Balaban J connectivity index is 2.13. The van der Waals surface area contributed by atoms with Gasteiger partial charge in [0.25, 0.3) is 0 Å². The Morgan fingerprint density at radius 3 is 3.00 bits per heavy atom. The van der Waals surface area contributed by atoms with E-state index in [1.165, 1.54) is 6.42 Å². The first-order valence-electron chi connectivity index (χ1n) is 6.02. The van der Waals surface area contributed by atoms with E-state index in [4.69, 9.17) is 5.73 Å². The lowest BCUT2D eigenvalue weighted by atomic mass is 10.1. The molecular formula is C15H18N2. The molecule has 17 heavy (non-hydrogen) atoms. The van der Waals surface area contributed by atoms with Crippen LogP contribution in [-0.4, -0.2) is 6.21 Å². The van der Waals surface area contributed by atoms with Crippen molar-refractivity contribution in [3.63, 3.8) is 0 Å². The molecule has 2 nitrogen and oxygen atoms in total. The minimum atomic E-state index is 0.640. The van der Waals surface area contributed by atoms with Crippen LogP contribution in [0.3, 0.4) is 0 Å². The normalized spacial score (nSPS) is 20.3. The molecule has 2 rings (SSSR count). The predicted octanol–water partition coefficient (Wildman–Crippen LogP) is 3.56. The second-order valence-electron chi connectivity index (χ2n) is 4.43. The lowest BCUT2D eigenvalue weighted by Crippen LogP contribution is -1.92. The number of benzene rings is 1. The molecule has 0 spiro atoms. The molecule has 2 heteroatoms. The Labute approximate surface area is 103 Å². The van der Waals surface area contributed by atoms with Crippen LogP contribution in [0.4, 0.5) is 5.69 Å². The zero-order chi connectivity index (χ0) is 12.1. The molecule has 1 unspecified atom stereocenters. The van der Waals surface area contributed by atoms with Crippen LogP contribution in [0, 0.1) is 5.92 Å². The molecule has 1 aliphatic rings. The van der Waals surface area contributed by atoms with Crippen LogP contribution in [0.2, 0.25) is 0 Å². The largest absolute Gasteiger partial charge is 0.398 e. The summed E-state index contributed by atoms with van der Waals surface area (Å²) in [5.41, 5.74) is 8.62. The first-order chi connectivity index (χ1) is 8.25. The van der Waals surface area contributed by atoms with Gasteiger partial charge in [0.05, 0.1) is 5.70 Å². The lowest BCUT2D eigenvalue weighted by Gasteiger charge is -1.98. The van der Waals surface area contributed by atoms with E-state index in [-0.39, 0.29) is 0 Å². The highest BCUT2D eigenvalue weighted by Gasteiger charge is 2.01. The van der Waals surface area contributed by atoms with Gasteiger partial charge in [-0.2, -0.15) is 0 Å². The number of nitrogens with two attached hydrogens (primary N) is 1. The average molecular weight is 226 g/mol. The van der Waals surface area contributed by atoms with E-state index in [0.29, 0.717) is 5.92 Å². The van der Waals surface area contributed by atoms with Crippen molar-refractivity contribution < 1.29 is 0 Å². The maximum absolute atomic E-state index is 5.86. The Morgan fingerprint density at radius 2 is 2.18 bits per heavy atom. The van der Waals surface area contributed by atoms with Crippen LogP contribution in [0.5, 0.6) is 0 Å². The van der Waals surface area contributed by atoms with Gasteiger partial charge in [-0.15, -0.1) is 0 Å². The second kappa shape index (κ2) is 5.48. The predicted molar refractivity (Wildman–Crippen MR) is 74.1 cm³/mol. The number of nitrogen functional groups attached to an aromatic ring is 1. The van der Waals surface area contributed by atoms with Gasteiger partial charge in [0.1, 0.15) is 0 Å². The van der Waals surface area contributed by atoms with E-state index in [1.54, 1.807) is 0 Å². The molecule has 1 aliphatic carbocycles. The van der Waals surface area contributed by atoms with E-state index < -0.39 is 0 Å². The van der Waals surface area contributed by atoms with Crippen molar-refractivity contribution in [1.29, 1.82) is 0 Å². The standard InChI is InChI=1S/C15H18N2/c1-12-5-4-7-14(10-9-12)17-11-13-6-2-3-8-15(13)16/h2-3,6-12H,4-5,16H2,1H3. The highest BCUT2D eigenvalue weighted by atomic mass is 14.7. The van der Waals surface area contributed by atoms with Crippen molar-refractivity contribution in [3.8, 4) is 0 Å². The number of para-hydroxylation sites is 1. The van der Waals surface area contributed by atoms with E-state index >= 15 is 0 Å². The summed E-state index contributed by atoms with van der Waals surface area (Å²) in [7, 11) is 0. The summed E-state index contributed by atoms with van der Waals surface area (Å²) in [6.07, 6.45) is 10.6. The maximum Gasteiger partial charge on any atom is 0.0586 e. The Bertz CT molecular complexity index is 470. The van der Waals surface area contributed by atoms with Gasteiger partial charge in [0, 0.05) is 17.5 Å². The van der Waals surface area contributed by atoms with Gasteiger partial charge in [0.15, 0.2) is 0 Å². The van der Waals surface area contributed by atoms with E-state index in [9.17, 15) is 0 Å². The highest BCUT2D eigenvalue weighted by molar-refractivity contribution is 5.87. The molecule has 0 fully saturated rings. The van der Waals surface area contributed by atoms with Crippen molar-refractivity contribution >= 4 is 11.9 Å². The fourth-order valence-corrected chi connectivity index (χ4v) is 1.79. The molecule has 0 radical (unpaired) electrons. The number of anilines is 1. The summed E-state index contributed by atoms with van der Waals surface area (Å²) < 4.78 is 0. The molecule has 1 atom stereocenters. The molecule has 2 N–H and O–H groups in total. The summed E-state index contributed by atoms with van der Waals surface area (Å²) >= 11 is 0. The molecule has 88 valence electrons. The Hall–Kier alpha value is -1.83. The van der Waals surface area contributed by atoms with E-state index in [1.807, 2.05) is 30.5 Å². The maximum atomic E-state index is 5.86. The summed E-state index contributed by atoms with van der Waals surface area (Å²) in [5, 5.41) is 0. The molecule has 0 aliphatic heterocycles. The Morgan fingerprint density at radius 1 is 1.35 bits per heavy atom. The number of hydrogen-bond acceptors (Lipinski definition) is 2. The van der Waals surface area contributed by atoms with Gasteiger partial charge in [-0.25, -0.2) is 0 Å². The molecule has 0 aromatic heterocycles. The molecule has 0 bridgehead atoms. The quantitative estimate of drug-likeness (QED) is 0.607. The third-order valence-corrected chi connectivity index (χ3v) is 2.92. The smallest absolute Gasteiger partial charge is 0.0586 e. The molecule has 0 saturated heterocycles. The third kappa shape index (κ3) is 3.31. The average Bonchev–Trinajstić information content (AvgIpc) is 2.53. The number of allylic oxidation sites excluding steroid dienone is 3. The SMILES string of the molecule is CC1C=CC(N=Cc2ccccc2N)=CCC1. The highest BCUT2D eigenvalue weighted by Crippen LogP contribution is 2.16. The summed E-state index contributed by atoms with van der Waals surface area (Å²) in [6, 6.07) is 7.76. The molecule has 0 amide bonds. The molecule has 0 heterocycles. The van der Waals surface area contributed by atoms with Crippen LogP contribution in [0.1, 0.15) is 25.3 Å². The number of rotatable bonds is 2. The number of nitrogens with zero attached hydrogens (tertiary/aromatic N) is 1. The van der Waals surface area contributed by atoms with Crippen molar-refractivity contribution in [1.82, 2.24) is 0 Å². The molecular weight excluding hydrogens is 208 g/mol. The minimum Gasteiger partial charge on any atom is -0.398 e. The zero-order valence-corrected chi connectivity index (χ0v) is 10.1. The van der Waals surface area contributed by atoms with Gasteiger partial charge in [-0.3, -0.25) is 4.99 Å². The molecule has 1 aromatic carbocycles. The van der Waals surface area contributed by atoms with Crippen molar-refractivity contribution in [3.05, 3.63) is 53.8 Å². The van der Waals surface area contributed by atoms with Crippen LogP contribution in [0.15, 0.2) is 53.2 Å². The van der Waals surface area contributed by atoms with Gasteiger partial charge in [-0.05, 0) is 30.9 Å². The first-order valence-corrected chi connectivity index (χ1v) is 6.02. The lowest BCUT2D eigenvalue weighted by molar-refractivity contribution is 0.662. The van der Waals surface area contributed by atoms with E-state index in [2.05, 4.69) is 30.1 Å². The summed E-state index contributed by atoms with van der Waals surface area (Å²) in [6.45, 7) is 2.23. The van der Waals surface area contributed by atoms with Crippen molar-refractivity contribution in [2.24, 2.45) is 10.9 Å². The van der Waals surface area contributed by atoms with Crippen LogP contribution in [-0.2, 0) is 0 Å². The van der Waals surface area contributed by atoms with E-state index in [0.717, 1.165) is 23.4 Å². The van der Waals surface area contributed by atoms with Crippen molar-refractivity contribution in [2.75, 3.05) is 5.73 Å². The van der Waals surface area contributed by atoms with Gasteiger partial charge >= 0.3 is 0 Å². The molecule has 1 aromatic rings. The number of aliphatic imine (C=N–C) groups is 1. The first kappa shape index (κ1) is 11.6. The summed E-state index contributed by atoms with van der Waals surface area (Å²) in [5.74, 6) is 0.640. The fourth-order valence-electron chi connectivity index (χ4n) is 1.79. The van der Waals surface area contributed by atoms with Gasteiger partial charge < -0.3 is 5.73 Å². The molecule has 0 saturated carbocycles. The minimum absolute atomic E-state index is 0.640. The zero-order valence-electron chi connectivity index (χ0n) is 10.1. The fraction of sp³-hybridized carbons (Fsp3) is 0.267. The Kier molecular flexibility index (Phi) is 3.76. The second-order valence-corrected chi connectivity index (χ2v) is 4.43. The van der Waals surface area contributed by atoms with Crippen LogP contribution in [0.25, 0.3) is 0 Å². The van der Waals surface area contributed by atoms with Gasteiger partial charge in [-0.1, -0.05) is 37.3 Å². The topological polar surface area (TPSA) is 38.4 Å². The van der Waals surface area contributed by atoms with Crippen molar-refractivity contribution in [2.45, 2.75) is 19.8 Å². The van der Waals surface area contributed by atoms with Crippen LogP contribution >= 0.6 is 0 Å². The number of hydrogen-bond donors (Lipinski definition) is 1. The monoisotopic (exact) mass is 226 g/mol. The third-order valence-electron chi connectivity index (χ3n) is 2.92. The van der Waals surface area contributed by atoms with Crippen LogP contribution < -0.4 is 5.73 Å². The van der Waals surface area contributed by atoms with Gasteiger partial charge in [0.2, 0.25) is 0 Å².